The summed E-state index contributed by atoms with van der Waals surface area (Å²) >= 11 is 1.58. The third-order valence-electron chi connectivity index (χ3n) is 2.62. The third-order valence-corrected chi connectivity index (χ3v) is 3.74. The second kappa shape index (κ2) is 6.93. The van der Waals surface area contributed by atoms with Gasteiger partial charge in [0.2, 0.25) is 0 Å². The van der Waals surface area contributed by atoms with Gasteiger partial charge < -0.3 is 14.7 Å². The monoisotopic (exact) mass is 258 g/mol. The number of aliphatic hydroxyl groups is 1. The van der Waals surface area contributed by atoms with Gasteiger partial charge in [-0.25, -0.2) is 4.98 Å². The van der Waals surface area contributed by atoms with Crippen LogP contribution in [0.2, 0.25) is 0 Å². The average Bonchev–Trinajstić information content (AvgIpc) is 2.74. The Labute approximate surface area is 107 Å². The Balaban J connectivity index is 2.88. The number of likely N-dealkylation sites (N-methyl/N-ethyl adjacent to an activating group) is 1. The number of hydrogen-bond donors (Lipinski definition) is 1. The SMILES string of the molecule is CCN(CCOC)c1nc(C(C)C)c(CO)s1. The summed E-state index contributed by atoms with van der Waals surface area (Å²) in [6.07, 6.45) is 0. The van der Waals surface area contributed by atoms with Crippen molar-refractivity contribution in [2.24, 2.45) is 0 Å². The molecule has 0 spiro atoms. The molecule has 0 aromatic carbocycles. The molecule has 0 fully saturated rings. The molecular weight excluding hydrogens is 236 g/mol. The third kappa shape index (κ3) is 3.66. The van der Waals surface area contributed by atoms with Gasteiger partial charge in [0, 0.05) is 20.2 Å². The molecule has 0 saturated heterocycles. The van der Waals surface area contributed by atoms with E-state index in [0.29, 0.717) is 12.5 Å². The zero-order chi connectivity index (χ0) is 12.8. The summed E-state index contributed by atoms with van der Waals surface area (Å²) in [6.45, 7) is 8.81. The number of anilines is 1. The normalized spacial score (nSPS) is 11.2. The zero-order valence-corrected chi connectivity index (χ0v) is 11.9. The first kappa shape index (κ1) is 14.4. The molecule has 0 saturated carbocycles. The molecular formula is C12H22N2O2S. The molecule has 0 atom stereocenters. The topological polar surface area (TPSA) is 45.6 Å². The fourth-order valence-corrected chi connectivity index (χ4v) is 2.81. The van der Waals surface area contributed by atoms with Crippen molar-refractivity contribution in [3.05, 3.63) is 10.6 Å². The number of nitrogens with zero attached hydrogens (tertiary/aromatic N) is 2. The van der Waals surface area contributed by atoms with E-state index in [1.54, 1.807) is 18.4 Å². The maximum atomic E-state index is 9.34. The Morgan fingerprint density at radius 1 is 1.47 bits per heavy atom. The number of hydrogen-bond acceptors (Lipinski definition) is 5. The Morgan fingerprint density at radius 2 is 2.18 bits per heavy atom. The van der Waals surface area contributed by atoms with Gasteiger partial charge in [-0.15, -0.1) is 0 Å². The first-order valence-electron chi connectivity index (χ1n) is 5.98. The number of rotatable bonds is 7. The van der Waals surface area contributed by atoms with Crippen LogP contribution in [0.3, 0.4) is 0 Å². The highest BCUT2D eigenvalue weighted by Crippen LogP contribution is 2.30. The molecule has 0 radical (unpaired) electrons. The Hall–Kier alpha value is -0.650. The standard InChI is InChI=1S/C12H22N2O2S/c1-5-14(6-7-16-4)12-13-11(9(2)3)10(8-15)17-12/h9,15H,5-8H2,1-4H3. The van der Waals surface area contributed by atoms with Crippen LogP contribution in [-0.4, -0.2) is 36.9 Å². The molecule has 1 aromatic rings. The van der Waals surface area contributed by atoms with E-state index in [0.717, 1.165) is 28.8 Å². The van der Waals surface area contributed by atoms with E-state index in [-0.39, 0.29) is 6.61 Å². The van der Waals surface area contributed by atoms with Crippen LogP contribution < -0.4 is 4.90 Å². The lowest BCUT2D eigenvalue weighted by molar-refractivity contribution is 0.205. The van der Waals surface area contributed by atoms with Gasteiger partial charge in [-0.3, -0.25) is 0 Å². The summed E-state index contributed by atoms with van der Waals surface area (Å²) in [7, 11) is 1.70. The lowest BCUT2D eigenvalue weighted by Crippen LogP contribution is -2.26. The fraction of sp³-hybridized carbons (Fsp3) is 0.750. The molecule has 1 heterocycles. The first-order chi connectivity index (χ1) is 8.13. The summed E-state index contributed by atoms with van der Waals surface area (Å²) in [5.41, 5.74) is 1.02. The molecule has 5 heteroatoms. The van der Waals surface area contributed by atoms with Crippen molar-refractivity contribution in [2.45, 2.75) is 33.3 Å². The summed E-state index contributed by atoms with van der Waals surface area (Å²) < 4.78 is 5.09. The van der Waals surface area contributed by atoms with E-state index in [9.17, 15) is 5.11 Å². The van der Waals surface area contributed by atoms with Crippen LogP contribution in [0.1, 0.15) is 37.3 Å². The number of ether oxygens (including phenoxy) is 1. The van der Waals surface area contributed by atoms with Gasteiger partial charge in [0.15, 0.2) is 5.13 Å². The Bertz CT molecular complexity index is 339. The Kier molecular flexibility index (Phi) is 5.88. The molecule has 1 rings (SSSR count). The van der Waals surface area contributed by atoms with Crippen molar-refractivity contribution in [2.75, 3.05) is 31.7 Å². The lowest BCUT2D eigenvalue weighted by Gasteiger charge is -2.18. The average molecular weight is 258 g/mol. The van der Waals surface area contributed by atoms with Crippen LogP contribution in [0.4, 0.5) is 5.13 Å². The molecule has 0 bridgehead atoms. The zero-order valence-electron chi connectivity index (χ0n) is 11.1. The molecule has 1 N–H and O–H groups in total. The number of methoxy groups -OCH3 is 1. The fourth-order valence-electron chi connectivity index (χ4n) is 1.64. The maximum Gasteiger partial charge on any atom is 0.185 e. The smallest absolute Gasteiger partial charge is 0.185 e. The van der Waals surface area contributed by atoms with Gasteiger partial charge in [0.25, 0.3) is 0 Å². The molecule has 4 nitrogen and oxygen atoms in total. The van der Waals surface area contributed by atoms with Crippen LogP contribution in [0, 0.1) is 0 Å². The molecule has 0 aliphatic heterocycles. The summed E-state index contributed by atoms with van der Waals surface area (Å²) in [4.78, 5) is 7.79. The van der Waals surface area contributed by atoms with Crippen molar-refractivity contribution < 1.29 is 9.84 Å². The minimum absolute atomic E-state index is 0.0764. The molecule has 17 heavy (non-hydrogen) atoms. The van der Waals surface area contributed by atoms with Gasteiger partial charge in [0.1, 0.15) is 0 Å². The van der Waals surface area contributed by atoms with E-state index < -0.39 is 0 Å². The maximum absolute atomic E-state index is 9.34. The molecule has 0 aliphatic rings. The van der Waals surface area contributed by atoms with Crippen LogP contribution >= 0.6 is 11.3 Å². The highest BCUT2D eigenvalue weighted by atomic mass is 32.1. The van der Waals surface area contributed by atoms with Crippen molar-refractivity contribution in [3.8, 4) is 0 Å². The van der Waals surface area contributed by atoms with Crippen molar-refractivity contribution in [1.29, 1.82) is 0 Å². The van der Waals surface area contributed by atoms with Gasteiger partial charge in [-0.2, -0.15) is 0 Å². The van der Waals surface area contributed by atoms with Crippen LogP contribution in [0.15, 0.2) is 0 Å². The highest BCUT2D eigenvalue weighted by molar-refractivity contribution is 7.15. The number of aromatic nitrogens is 1. The molecule has 0 amide bonds. The van der Waals surface area contributed by atoms with Crippen LogP contribution in [0.25, 0.3) is 0 Å². The lowest BCUT2D eigenvalue weighted by atomic mass is 10.1. The molecule has 0 unspecified atom stereocenters. The van der Waals surface area contributed by atoms with Crippen molar-refractivity contribution >= 4 is 16.5 Å². The predicted octanol–water partition coefficient (Wildman–Crippen LogP) is 2.23. The summed E-state index contributed by atoms with van der Waals surface area (Å²) in [6, 6.07) is 0. The van der Waals surface area contributed by atoms with E-state index in [1.807, 2.05) is 0 Å². The van der Waals surface area contributed by atoms with Crippen molar-refractivity contribution in [1.82, 2.24) is 4.98 Å². The van der Waals surface area contributed by atoms with Gasteiger partial charge in [0.05, 0.1) is 23.8 Å². The molecule has 98 valence electrons. The largest absolute Gasteiger partial charge is 0.391 e. The summed E-state index contributed by atoms with van der Waals surface area (Å²) in [5, 5.41) is 10.3. The highest BCUT2D eigenvalue weighted by Gasteiger charge is 2.16. The number of aliphatic hydroxyl groups excluding tert-OH is 1. The Morgan fingerprint density at radius 3 is 2.59 bits per heavy atom. The van der Waals surface area contributed by atoms with E-state index in [1.165, 1.54) is 0 Å². The second-order valence-electron chi connectivity index (χ2n) is 4.19. The molecule has 1 aromatic heterocycles. The predicted molar refractivity (Wildman–Crippen MR) is 71.9 cm³/mol. The van der Waals surface area contributed by atoms with Gasteiger partial charge in [-0.05, 0) is 12.8 Å². The van der Waals surface area contributed by atoms with Crippen LogP contribution in [-0.2, 0) is 11.3 Å². The summed E-state index contributed by atoms with van der Waals surface area (Å²) in [5.74, 6) is 0.350. The second-order valence-corrected chi connectivity index (χ2v) is 5.25. The van der Waals surface area contributed by atoms with Gasteiger partial charge in [-0.1, -0.05) is 25.2 Å². The van der Waals surface area contributed by atoms with E-state index in [4.69, 9.17) is 4.74 Å². The van der Waals surface area contributed by atoms with E-state index in [2.05, 4.69) is 30.7 Å². The quantitative estimate of drug-likeness (QED) is 0.814. The minimum atomic E-state index is 0.0764. The minimum Gasteiger partial charge on any atom is -0.391 e. The van der Waals surface area contributed by atoms with Gasteiger partial charge >= 0.3 is 0 Å². The first-order valence-corrected chi connectivity index (χ1v) is 6.80. The van der Waals surface area contributed by atoms with E-state index >= 15 is 0 Å². The number of thiazole rings is 1. The van der Waals surface area contributed by atoms with Crippen molar-refractivity contribution in [3.63, 3.8) is 0 Å². The van der Waals surface area contributed by atoms with Crippen LogP contribution in [0.5, 0.6) is 0 Å². The molecule has 0 aliphatic carbocycles.